The van der Waals surface area contributed by atoms with Gasteiger partial charge in [0.25, 0.3) is 0 Å². The molecule has 0 unspecified atom stereocenters. The fourth-order valence-electron chi connectivity index (χ4n) is 1.53. The highest BCUT2D eigenvalue weighted by molar-refractivity contribution is 7.13. The Labute approximate surface area is 120 Å². The summed E-state index contributed by atoms with van der Waals surface area (Å²) >= 11 is 1.27. The first-order valence-corrected chi connectivity index (χ1v) is 6.88. The molecule has 0 aliphatic heterocycles. The highest BCUT2D eigenvalue weighted by Gasteiger charge is 2.22. The van der Waals surface area contributed by atoms with Crippen molar-refractivity contribution in [1.82, 2.24) is 9.78 Å². The third-order valence-electron chi connectivity index (χ3n) is 2.60. The van der Waals surface area contributed by atoms with Gasteiger partial charge in [0.1, 0.15) is 4.88 Å². The minimum Gasteiger partial charge on any atom is -0.465 e. The summed E-state index contributed by atoms with van der Waals surface area (Å²) in [5.74, 6) is -0.487. The zero-order chi connectivity index (χ0) is 14.9. The minimum absolute atomic E-state index is 0.278. The Morgan fingerprint density at radius 1 is 1.45 bits per heavy atom. The van der Waals surface area contributed by atoms with Crippen LogP contribution in [-0.2, 0) is 16.7 Å². The van der Waals surface area contributed by atoms with Crippen molar-refractivity contribution in [3.63, 3.8) is 0 Å². The van der Waals surface area contributed by atoms with Crippen molar-refractivity contribution in [2.45, 2.75) is 32.7 Å². The van der Waals surface area contributed by atoms with E-state index in [0.717, 1.165) is 4.88 Å². The van der Waals surface area contributed by atoms with E-state index >= 15 is 0 Å². The molecule has 108 valence electrons. The van der Waals surface area contributed by atoms with Crippen molar-refractivity contribution in [3.05, 3.63) is 38.3 Å². The predicted octanol–water partition coefficient (Wildman–Crippen LogP) is 2.03. The second-order valence-electron chi connectivity index (χ2n) is 5.34. The smallest absolute Gasteiger partial charge is 0.437 e. The molecule has 2 heterocycles. The standard InChI is InChI=1S/C13H16N2O4S/c1-13(2,3)11-14-15(12(17)19-11)7-8-5-6-9(20-8)10(16)18-4/h5-6H,7H2,1-4H3. The minimum atomic E-state index is -0.497. The lowest BCUT2D eigenvalue weighted by Crippen LogP contribution is -2.16. The van der Waals surface area contributed by atoms with Crippen molar-refractivity contribution < 1.29 is 13.9 Å². The number of aromatic nitrogens is 2. The summed E-state index contributed by atoms with van der Waals surface area (Å²) in [7, 11) is 1.33. The van der Waals surface area contributed by atoms with Crippen molar-refractivity contribution in [2.75, 3.05) is 7.11 Å². The van der Waals surface area contributed by atoms with E-state index in [-0.39, 0.29) is 17.9 Å². The second-order valence-corrected chi connectivity index (χ2v) is 6.51. The van der Waals surface area contributed by atoms with Gasteiger partial charge in [-0.25, -0.2) is 9.59 Å². The molecule has 20 heavy (non-hydrogen) atoms. The quantitative estimate of drug-likeness (QED) is 0.810. The number of carbonyl (C=O) groups is 1. The summed E-state index contributed by atoms with van der Waals surface area (Å²) in [4.78, 5) is 24.4. The molecular weight excluding hydrogens is 280 g/mol. The van der Waals surface area contributed by atoms with Crippen LogP contribution in [0, 0.1) is 0 Å². The van der Waals surface area contributed by atoms with Gasteiger partial charge in [-0.2, -0.15) is 4.68 Å². The number of methoxy groups -OCH3 is 1. The van der Waals surface area contributed by atoms with Crippen molar-refractivity contribution in [2.24, 2.45) is 0 Å². The molecule has 2 aromatic rings. The van der Waals surface area contributed by atoms with Gasteiger partial charge < -0.3 is 9.15 Å². The first-order valence-electron chi connectivity index (χ1n) is 6.06. The van der Waals surface area contributed by atoms with Crippen LogP contribution in [0.2, 0.25) is 0 Å². The molecule has 0 aromatic carbocycles. The molecule has 6 nitrogen and oxygen atoms in total. The molecule has 0 spiro atoms. The van der Waals surface area contributed by atoms with Crippen LogP contribution in [-0.4, -0.2) is 22.9 Å². The van der Waals surface area contributed by atoms with E-state index in [9.17, 15) is 9.59 Å². The average molecular weight is 296 g/mol. The van der Waals surface area contributed by atoms with Crippen LogP contribution < -0.4 is 5.76 Å². The van der Waals surface area contributed by atoms with Crippen LogP contribution in [0.4, 0.5) is 0 Å². The van der Waals surface area contributed by atoms with Gasteiger partial charge in [-0.05, 0) is 12.1 Å². The van der Waals surface area contributed by atoms with E-state index in [1.54, 1.807) is 12.1 Å². The fourth-order valence-corrected chi connectivity index (χ4v) is 2.44. The highest BCUT2D eigenvalue weighted by Crippen LogP contribution is 2.20. The maximum atomic E-state index is 11.7. The Morgan fingerprint density at radius 2 is 2.15 bits per heavy atom. The van der Waals surface area contributed by atoms with Gasteiger partial charge in [0, 0.05) is 10.3 Å². The van der Waals surface area contributed by atoms with Gasteiger partial charge in [-0.3, -0.25) is 0 Å². The van der Waals surface area contributed by atoms with Gasteiger partial charge in [-0.15, -0.1) is 16.4 Å². The van der Waals surface area contributed by atoms with Gasteiger partial charge in [-0.1, -0.05) is 20.8 Å². The lowest BCUT2D eigenvalue weighted by Gasteiger charge is -2.10. The third kappa shape index (κ3) is 2.98. The number of carbonyl (C=O) groups excluding carboxylic acids is 1. The molecule has 0 fully saturated rings. The van der Waals surface area contributed by atoms with Gasteiger partial charge in [0.15, 0.2) is 0 Å². The second kappa shape index (κ2) is 5.24. The zero-order valence-electron chi connectivity index (χ0n) is 11.8. The molecule has 2 rings (SSSR count). The van der Waals surface area contributed by atoms with Crippen LogP contribution in [0.15, 0.2) is 21.3 Å². The third-order valence-corrected chi connectivity index (χ3v) is 3.65. The molecule has 0 atom stereocenters. The maximum absolute atomic E-state index is 11.7. The molecule has 7 heteroatoms. The summed E-state index contributed by atoms with van der Waals surface area (Å²) in [6.45, 7) is 6.04. The summed E-state index contributed by atoms with van der Waals surface area (Å²) in [6.07, 6.45) is 0. The summed E-state index contributed by atoms with van der Waals surface area (Å²) in [5.41, 5.74) is -0.322. The number of nitrogens with zero attached hydrogens (tertiary/aromatic N) is 2. The number of hydrogen-bond donors (Lipinski definition) is 0. The molecular formula is C13H16N2O4S. The van der Waals surface area contributed by atoms with Crippen LogP contribution in [0.5, 0.6) is 0 Å². The van der Waals surface area contributed by atoms with Crippen LogP contribution in [0.1, 0.15) is 41.2 Å². The van der Waals surface area contributed by atoms with E-state index in [4.69, 9.17) is 4.42 Å². The Hall–Kier alpha value is -1.89. The van der Waals surface area contributed by atoms with E-state index in [0.29, 0.717) is 10.8 Å². The van der Waals surface area contributed by atoms with E-state index in [1.807, 2.05) is 20.8 Å². The molecule has 0 aliphatic rings. The molecule has 0 N–H and O–H groups in total. The number of rotatable bonds is 3. The fraction of sp³-hybridized carbons (Fsp3) is 0.462. The Morgan fingerprint density at radius 3 is 2.70 bits per heavy atom. The molecule has 0 saturated heterocycles. The first kappa shape index (κ1) is 14.5. The number of thiophene rings is 1. The average Bonchev–Trinajstić information content (AvgIpc) is 2.96. The number of hydrogen-bond acceptors (Lipinski definition) is 6. The summed E-state index contributed by atoms with van der Waals surface area (Å²) in [6, 6.07) is 3.44. The van der Waals surface area contributed by atoms with Crippen LogP contribution in [0.3, 0.4) is 0 Å². The molecule has 0 aliphatic carbocycles. The zero-order valence-corrected chi connectivity index (χ0v) is 12.6. The lowest BCUT2D eigenvalue weighted by molar-refractivity contribution is 0.0606. The monoisotopic (exact) mass is 296 g/mol. The Balaban J connectivity index is 2.22. The summed E-state index contributed by atoms with van der Waals surface area (Å²) < 4.78 is 11.0. The normalized spacial score (nSPS) is 11.6. The number of esters is 1. The molecule has 0 bridgehead atoms. The predicted molar refractivity (Wildman–Crippen MR) is 74.2 cm³/mol. The van der Waals surface area contributed by atoms with Gasteiger partial charge in [0.05, 0.1) is 13.7 Å². The van der Waals surface area contributed by atoms with Crippen molar-refractivity contribution in [1.29, 1.82) is 0 Å². The number of ether oxygens (including phenoxy) is 1. The summed E-state index contributed by atoms with van der Waals surface area (Å²) in [5, 5.41) is 4.18. The Kier molecular flexibility index (Phi) is 3.80. The van der Waals surface area contributed by atoms with E-state index < -0.39 is 5.76 Å². The highest BCUT2D eigenvalue weighted by atomic mass is 32.1. The van der Waals surface area contributed by atoms with E-state index in [1.165, 1.54) is 23.1 Å². The Bertz CT molecular complexity index is 675. The first-order chi connectivity index (χ1) is 9.31. The largest absolute Gasteiger partial charge is 0.465 e. The van der Waals surface area contributed by atoms with Crippen molar-refractivity contribution >= 4 is 17.3 Å². The lowest BCUT2D eigenvalue weighted by atomic mass is 9.97. The van der Waals surface area contributed by atoms with E-state index in [2.05, 4.69) is 9.84 Å². The maximum Gasteiger partial charge on any atom is 0.437 e. The van der Waals surface area contributed by atoms with Gasteiger partial charge >= 0.3 is 11.7 Å². The molecule has 0 radical (unpaired) electrons. The van der Waals surface area contributed by atoms with Crippen LogP contribution >= 0.6 is 11.3 Å². The molecule has 0 amide bonds. The van der Waals surface area contributed by atoms with Crippen LogP contribution in [0.25, 0.3) is 0 Å². The molecule has 0 saturated carbocycles. The molecule has 2 aromatic heterocycles. The SMILES string of the molecule is COC(=O)c1ccc(Cn2nc(C(C)(C)C)oc2=O)s1. The van der Waals surface area contributed by atoms with Crippen molar-refractivity contribution in [3.8, 4) is 0 Å². The van der Waals surface area contributed by atoms with Gasteiger partial charge in [0.2, 0.25) is 5.89 Å². The topological polar surface area (TPSA) is 74.3 Å².